The largest absolute Gasteiger partial charge is 0.427 e. The van der Waals surface area contributed by atoms with Gasteiger partial charge in [0.15, 0.2) is 0 Å². The monoisotopic (exact) mass is 374 g/mol. The van der Waals surface area contributed by atoms with Crippen molar-refractivity contribution in [3.05, 3.63) is 63.5 Å². The Morgan fingerprint density at radius 1 is 1.30 bits per heavy atom. The molecule has 2 unspecified atom stereocenters. The Morgan fingerprint density at radius 2 is 2.00 bits per heavy atom. The highest BCUT2D eigenvalue weighted by atomic mass is 19.1. The van der Waals surface area contributed by atoms with E-state index in [1.54, 1.807) is 32.0 Å². The average Bonchev–Trinajstić information content (AvgIpc) is 2.58. The van der Waals surface area contributed by atoms with E-state index in [0.717, 1.165) is 6.07 Å². The molecule has 1 aliphatic rings. The second-order valence-corrected chi connectivity index (χ2v) is 7.11. The lowest BCUT2D eigenvalue weighted by atomic mass is 9.70. The maximum atomic E-state index is 13.7. The van der Waals surface area contributed by atoms with E-state index in [1.165, 1.54) is 19.1 Å². The van der Waals surface area contributed by atoms with Gasteiger partial charge in [0.25, 0.3) is 0 Å². The van der Waals surface area contributed by atoms with Gasteiger partial charge in [0, 0.05) is 29.7 Å². The fourth-order valence-electron chi connectivity index (χ4n) is 3.39. The van der Waals surface area contributed by atoms with Gasteiger partial charge >= 0.3 is 11.7 Å². The number of nitrogens with zero attached hydrogens (tertiary/aromatic N) is 1. The Balaban J connectivity index is 2.04. The molecule has 0 bridgehead atoms. The molecule has 1 aliphatic heterocycles. The quantitative estimate of drug-likeness (QED) is 0.366. The molecule has 8 heteroatoms. The molecule has 0 saturated carbocycles. The summed E-state index contributed by atoms with van der Waals surface area (Å²) in [4.78, 5) is 21.4. The van der Waals surface area contributed by atoms with E-state index >= 15 is 0 Å². The Kier molecular flexibility index (Phi) is 4.61. The second kappa shape index (κ2) is 6.62. The first-order valence-electron chi connectivity index (χ1n) is 8.32. The summed E-state index contributed by atoms with van der Waals surface area (Å²) in [5, 5.41) is 25.2. The van der Waals surface area contributed by atoms with Crippen LogP contribution in [-0.2, 0) is 4.79 Å². The Labute approximate surface area is 154 Å². The fraction of sp³-hybridized carbons (Fsp3) is 0.316. The van der Waals surface area contributed by atoms with Crippen LogP contribution in [0.2, 0.25) is 0 Å². The van der Waals surface area contributed by atoms with E-state index in [1.807, 2.05) is 0 Å². The van der Waals surface area contributed by atoms with Crippen LogP contribution in [0, 0.1) is 21.3 Å². The van der Waals surface area contributed by atoms with Crippen molar-refractivity contribution < 1.29 is 24.0 Å². The first kappa shape index (κ1) is 18.8. The number of aliphatic hydroxyl groups excluding tert-OH is 1. The minimum atomic E-state index is -0.946. The zero-order valence-electron chi connectivity index (χ0n) is 15.0. The third-order valence-corrected chi connectivity index (χ3v) is 4.83. The first-order valence-corrected chi connectivity index (χ1v) is 8.32. The van der Waals surface area contributed by atoms with Crippen molar-refractivity contribution in [1.29, 1.82) is 0 Å². The number of aliphatic hydroxyl groups is 1. The molecule has 0 radical (unpaired) electrons. The number of esters is 1. The maximum Gasteiger partial charge on any atom is 0.308 e. The van der Waals surface area contributed by atoms with Gasteiger partial charge in [-0.25, -0.2) is 0 Å². The molecular formula is C19H19FN2O5. The molecule has 2 aromatic rings. The number of carbonyl (C=O) groups excluding carboxylic acids is 1. The number of fused-ring (bicyclic) bond motifs is 1. The summed E-state index contributed by atoms with van der Waals surface area (Å²) in [5.41, 5.74) is 0.242. The third-order valence-electron chi connectivity index (χ3n) is 4.83. The van der Waals surface area contributed by atoms with Gasteiger partial charge in [-0.05, 0) is 29.8 Å². The lowest BCUT2D eigenvalue weighted by Gasteiger charge is -2.44. The minimum absolute atomic E-state index is 0.314. The number of nitro benzene ring substituents is 1. The molecule has 3 rings (SSSR count). The van der Waals surface area contributed by atoms with Crippen molar-refractivity contribution >= 4 is 17.3 Å². The highest BCUT2D eigenvalue weighted by Gasteiger charge is 2.43. The summed E-state index contributed by atoms with van der Waals surface area (Å²) >= 11 is 0. The number of benzene rings is 2. The first-order chi connectivity index (χ1) is 12.6. The van der Waals surface area contributed by atoms with Crippen LogP contribution >= 0.6 is 0 Å². The Bertz CT molecular complexity index is 928. The number of carbonyl (C=O) groups is 1. The molecule has 7 nitrogen and oxygen atoms in total. The smallest absolute Gasteiger partial charge is 0.308 e. The molecule has 1 heterocycles. The van der Waals surface area contributed by atoms with Gasteiger partial charge in [-0.3, -0.25) is 14.9 Å². The fourth-order valence-corrected chi connectivity index (χ4v) is 3.39. The summed E-state index contributed by atoms with van der Waals surface area (Å²) in [6.45, 7) is 4.88. The Morgan fingerprint density at radius 3 is 2.63 bits per heavy atom. The molecular weight excluding hydrogens is 355 g/mol. The number of nitro groups is 1. The normalized spacial score (nSPS) is 20.3. The number of nitrogens with one attached hydrogen (secondary N) is 1. The maximum absolute atomic E-state index is 13.7. The van der Waals surface area contributed by atoms with Crippen LogP contribution < -0.4 is 10.1 Å². The summed E-state index contributed by atoms with van der Waals surface area (Å²) in [7, 11) is 0. The van der Waals surface area contributed by atoms with Crippen molar-refractivity contribution in [3.63, 3.8) is 0 Å². The van der Waals surface area contributed by atoms with Crippen LogP contribution in [0.15, 0.2) is 36.4 Å². The van der Waals surface area contributed by atoms with E-state index in [4.69, 9.17) is 4.74 Å². The molecule has 0 aliphatic carbocycles. The number of rotatable bonds is 3. The molecule has 0 saturated heterocycles. The standard InChI is InChI=1S/C19H19FN2O5/c1-10(23)27-12-5-7-15-13(9-12)18(24)19(2,3)17(21-15)11-4-6-14(20)16(8-11)22(25)26/h4-9,17-18,21,24H,1-3H3. The van der Waals surface area contributed by atoms with Gasteiger partial charge in [0.1, 0.15) is 5.75 Å². The lowest BCUT2D eigenvalue weighted by molar-refractivity contribution is -0.387. The van der Waals surface area contributed by atoms with Crippen LogP contribution in [0.4, 0.5) is 15.8 Å². The van der Waals surface area contributed by atoms with Crippen LogP contribution in [0.5, 0.6) is 5.75 Å². The second-order valence-electron chi connectivity index (χ2n) is 7.11. The zero-order valence-corrected chi connectivity index (χ0v) is 15.0. The summed E-state index contributed by atoms with van der Waals surface area (Å²) in [6.07, 6.45) is -0.946. The molecule has 0 amide bonds. The molecule has 2 atom stereocenters. The Hall–Kier alpha value is -3.00. The molecule has 2 N–H and O–H groups in total. The lowest BCUT2D eigenvalue weighted by Crippen LogP contribution is -2.38. The van der Waals surface area contributed by atoms with E-state index in [2.05, 4.69) is 5.32 Å². The van der Waals surface area contributed by atoms with Crippen LogP contribution in [0.25, 0.3) is 0 Å². The van der Waals surface area contributed by atoms with Crippen molar-refractivity contribution in [3.8, 4) is 5.75 Å². The molecule has 27 heavy (non-hydrogen) atoms. The van der Waals surface area contributed by atoms with Gasteiger partial charge in [-0.2, -0.15) is 4.39 Å². The highest BCUT2D eigenvalue weighted by molar-refractivity contribution is 5.70. The highest BCUT2D eigenvalue weighted by Crippen LogP contribution is 2.52. The number of hydrogen-bond donors (Lipinski definition) is 2. The summed E-state index contributed by atoms with van der Waals surface area (Å²) in [5.74, 6) is -1.07. The van der Waals surface area contributed by atoms with Gasteiger partial charge in [-0.1, -0.05) is 19.9 Å². The summed E-state index contributed by atoms with van der Waals surface area (Å²) < 4.78 is 18.8. The third kappa shape index (κ3) is 3.35. The van der Waals surface area contributed by atoms with Crippen LogP contribution in [-0.4, -0.2) is 16.0 Å². The molecule has 0 aromatic heterocycles. The van der Waals surface area contributed by atoms with E-state index in [9.17, 15) is 24.4 Å². The van der Waals surface area contributed by atoms with Crippen molar-refractivity contribution in [1.82, 2.24) is 0 Å². The van der Waals surface area contributed by atoms with Crippen molar-refractivity contribution in [2.24, 2.45) is 5.41 Å². The average molecular weight is 374 g/mol. The van der Waals surface area contributed by atoms with Crippen molar-refractivity contribution in [2.75, 3.05) is 5.32 Å². The van der Waals surface area contributed by atoms with Crippen molar-refractivity contribution in [2.45, 2.75) is 32.9 Å². The SMILES string of the molecule is CC(=O)Oc1ccc2c(c1)C(O)C(C)(C)C(c1ccc(F)c([N+](=O)[O-])c1)N2. The predicted molar refractivity (Wildman–Crippen MR) is 95.9 cm³/mol. The predicted octanol–water partition coefficient (Wildman–Crippen LogP) is 3.89. The molecule has 0 spiro atoms. The minimum Gasteiger partial charge on any atom is -0.427 e. The van der Waals surface area contributed by atoms with E-state index in [0.29, 0.717) is 22.6 Å². The van der Waals surface area contributed by atoms with E-state index in [-0.39, 0.29) is 0 Å². The van der Waals surface area contributed by atoms with E-state index < -0.39 is 40.0 Å². The van der Waals surface area contributed by atoms with Gasteiger partial charge < -0.3 is 15.2 Å². The van der Waals surface area contributed by atoms with Gasteiger partial charge in [0.05, 0.1) is 17.1 Å². The molecule has 142 valence electrons. The van der Waals surface area contributed by atoms with Gasteiger partial charge in [0.2, 0.25) is 5.82 Å². The van der Waals surface area contributed by atoms with Crippen LogP contribution in [0.3, 0.4) is 0 Å². The number of ether oxygens (including phenoxy) is 1. The van der Waals surface area contributed by atoms with Gasteiger partial charge in [-0.15, -0.1) is 0 Å². The number of halogens is 1. The molecule has 2 aromatic carbocycles. The topological polar surface area (TPSA) is 102 Å². The molecule has 0 fully saturated rings. The number of anilines is 1. The van der Waals surface area contributed by atoms with Crippen LogP contribution in [0.1, 0.15) is 44.0 Å². The number of hydrogen-bond acceptors (Lipinski definition) is 6. The zero-order chi connectivity index (χ0) is 19.9. The summed E-state index contributed by atoms with van der Waals surface area (Å²) in [6, 6.07) is 8.03.